The fourth-order valence-corrected chi connectivity index (χ4v) is 3.25. The summed E-state index contributed by atoms with van der Waals surface area (Å²) in [6.45, 7) is 7.51. The summed E-state index contributed by atoms with van der Waals surface area (Å²) in [6, 6.07) is 2.52. The van der Waals surface area contributed by atoms with Crippen molar-refractivity contribution < 1.29 is 8.78 Å². The fourth-order valence-electron chi connectivity index (χ4n) is 2.85. The molecule has 1 unspecified atom stereocenters. The van der Waals surface area contributed by atoms with Crippen LogP contribution in [-0.4, -0.2) is 31.1 Å². The number of halogens is 5. The molecule has 7 heteroatoms. The minimum Gasteiger partial charge on any atom is -0.314 e. The zero-order valence-corrected chi connectivity index (χ0v) is 16.0. The molecular weight excluding hydrogens is 397 g/mol. The largest absolute Gasteiger partial charge is 0.314 e. The Morgan fingerprint density at radius 1 is 1.18 bits per heavy atom. The monoisotopic (exact) mass is 418 g/mol. The zero-order chi connectivity index (χ0) is 14.7. The van der Waals surface area contributed by atoms with Gasteiger partial charge in [0.15, 0.2) is 0 Å². The molecule has 128 valence electrons. The molecular formula is C15H23BrCl2F2N2. The van der Waals surface area contributed by atoms with Crippen LogP contribution in [0.3, 0.4) is 0 Å². The molecule has 1 aliphatic rings. The van der Waals surface area contributed by atoms with Crippen LogP contribution in [-0.2, 0) is 0 Å². The highest BCUT2D eigenvalue weighted by Gasteiger charge is 2.31. The van der Waals surface area contributed by atoms with Crippen LogP contribution < -0.4 is 5.32 Å². The predicted octanol–water partition coefficient (Wildman–Crippen LogP) is 4.56. The lowest BCUT2D eigenvalue weighted by atomic mass is 9.90. The average Bonchev–Trinajstić information content (AvgIpc) is 2.42. The zero-order valence-electron chi connectivity index (χ0n) is 12.7. The fraction of sp³-hybridized carbons (Fsp3) is 0.600. The molecule has 0 radical (unpaired) electrons. The topological polar surface area (TPSA) is 15.3 Å². The molecule has 0 bridgehead atoms. The van der Waals surface area contributed by atoms with E-state index in [-0.39, 0.29) is 42.3 Å². The highest BCUT2D eigenvalue weighted by atomic mass is 79.9. The van der Waals surface area contributed by atoms with Gasteiger partial charge in [-0.3, -0.25) is 4.90 Å². The Hall–Kier alpha value is 0.0600. The molecule has 2 nitrogen and oxygen atoms in total. The first-order chi connectivity index (χ1) is 9.54. The van der Waals surface area contributed by atoms with Gasteiger partial charge in [0.25, 0.3) is 0 Å². The van der Waals surface area contributed by atoms with Crippen LogP contribution in [0.5, 0.6) is 0 Å². The van der Waals surface area contributed by atoms with E-state index in [0.717, 1.165) is 32.6 Å². The Morgan fingerprint density at radius 2 is 1.68 bits per heavy atom. The molecule has 1 aliphatic heterocycles. The van der Waals surface area contributed by atoms with Gasteiger partial charge in [0.1, 0.15) is 11.6 Å². The van der Waals surface area contributed by atoms with Crippen LogP contribution in [0.1, 0.15) is 31.9 Å². The van der Waals surface area contributed by atoms with Gasteiger partial charge in [-0.15, -0.1) is 24.8 Å². The number of piperazine rings is 1. The quantitative estimate of drug-likeness (QED) is 0.769. The molecule has 0 amide bonds. The maximum Gasteiger partial charge on any atom is 0.132 e. The summed E-state index contributed by atoms with van der Waals surface area (Å²) < 4.78 is 29.0. The minimum atomic E-state index is -0.458. The van der Waals surface area contributed by atoms with E-state index in [1.54, 1.807) is 0 Å². The first-order valence-electron chi connectivity index (χ1n) is 7.13. The van der Waals surface area contributed by atoms with Gasteiger partial charge < -0.3 is 5.32 Å². The second-order valence-electron chi connectivity index (χ2n) is 5.40. The van der Waals surface area contributed by atoms with Gasteiger partial charge in [0, 0.05) is 42.3 Å². The summed E-state index contributed by atoms with van der Waals surface area (Å²) >= 11 is 3.14. The first-order valence-corrected chi connectivity index (χ1v) is 7.93. The Labute approximate surface area is 152 Å². The maximum absolute atomic E-state index is 14.3. The van der Waals surface area contributed by atoms with Crippen molar-refractivity contribution in [3.05, 3.63) is 33.8 Å². The Kier molecular flexibility index (Phi) is 10.1. The minimum absolute atomic E-state index is 0. The van der Waals surface area contributed by atoms with Gasteiger partial charge in [-0.1, -0.05) is 36.2 Å². The summed E-state index contributed by atoms with van der Waals surface area (Å²) in [4.78, 5) is 2.19. The molecule has 0 spiro atoms. The third-order valence-electron chi connectivity index (χ3n) is 4.07. The van der Waals surface area contributed by atoms with Crippen LogP contribution in [0.2, 0.25) is 0 Å². The second kappa shape index (κ2) is 10.0. The molecule has 2 rings (SSSR count). The summed E-state index contributed by atoms with van der Waals surface area (Å²) in [5.41, 5.74) is 0.212. The number of hydrogen-bond donors (Lipinski definition) is 1. The van der Waals surface area contributed by atoms with Gasteiger partial charge in [-0.25, -0.2) is 8.78 Å². The summed E-state index contributed by atoms with van der Waals surface area (Å²) in [5, 5.41) is 3.28. The Bertz CT molecular complexity index is 448. The molecule has 22 heavy (non-hydrogen) atoms. The number of nitrogens with one attached hydrogen (secondary N) is 1. The van der Waals surface area contributed by atoms with E-state index >= 15 is 0 Å². The molecule has 1 fully saturated rings. The van der Waals surface area contributed by atoms with Crippen molar-refractivity contribution in [2.24, 2.45) is 5.92 Å². The van der Waals surface area contributed by atoms with Crippen molar-refractivity contribution in [2.75, 3.05) is 26.2 Å². The lowest BCUT2D eigenvalue weighted by Crippen LogP contribution is -2.47. The summed E-state index contributed by atoms with van der Waals surface area (Å²) in [5.74, 6) is -0.709. The van der Waals surface area contributed by atoms with Crippen LogP contribution in [0.4, 0.5) is 8.78 Å². The van der Waals surface area contributed by atoms with Gasteiger partial charge in [-0.05, 0) is 18.1 Å². The van der Waals surface area contributed by atoms with E-state index < -0.39 is 11.6 Å². The van der Waals surface area contributed by atoms with E-state index in [2.05, 4.69) is 40.0 Å². The van der Waals surface area contributed by atoms with E-state index in [9.17, 15) is 8.78 Å². The van der Waals surface area contributed by atoms with Gasteiger partial charge in [0.05, 0.1) is 0 Å². The van der Waals surface area contributed by atoms with Crippen LogP contribution in [0, 0.1) is 17.6 Å². The molecule has 1 N–H and O–H groups in total. The number of hydrogen-bond acceptors (Lipinski definition) is 2. The molecule has 0 aliphatic carbocycles. The summed E-state index contributed by atoms with van der Waals surface area (Å²) in [6.07, 6.45) is 0.892. The van der Waals surface area contributed by atoms with Crippen molar-refractivity contribution in [3.8, 4) is 0 Å². The highest BCUT2D eigenvalue weighted by molar-refractivity contribution is 9.10. The molecule has 0 aromatic heterocycles. The van der Waals surface area contributed by atoms with Crippen molar-refractivity contribution in [2.45, 2.75) is 26.3 Å². The van der Waals surface area contributed by atoms with Crippen LogP contribution in [0.25, 0.3) is 0 Å². The van der Waals surface area contributed by atoms with Gasteiger partial charge >= 0.3 is 0 Å². The highest BCUT2D eigenvalue weighted by Crippen LogP contribution is 2.35. The molecule has 1 saturated heterocycles. The van der Waals surface area contributed by atoms with Gasteiger partial charge in [0.2, 0.25) is 0 Å². The van der Waals surface area contributed by atoms with Crippen LogP contribution >= 0.6 is 40.7 Å². The van der Waals surface area contributed by atoms with Crippen molar-refractivity contribution >= 4 is 40.7 Å². The SMILES string of the molecule is CCC(C)[C@H](c1c(F)cc(Br)cc1F)N1CCNCC1.Cl.Cl. The van der Waals surface area contributed by atoms with E-state index in [1.807, 2.05) is 0 Å². The average molecular weight is 420 g/mol. The van der Waals surface area contributed by atoms with Crippen molar-refractivity contribution in [3.63, 3.8) is 0 Å². The number of nitrogens with zero attached hydrogens (tertiary/aromatic N) is 1. The normalized spacial score (nSPS) is 18.0. The third-order valence-corrected chi connectivity index (χ3v) is 4.53. The smallest absolute Gasteiger partial charge is 0.132 e. The Morgan fingerprint density at radius 3 is 2.14 bits per heavy atom. The maximum atomic E-state index is 14.3. The molecule has 0 saturated carbocycles. The molecule has 1 aromatic carbocycles. The van der Waals surface area contributed by atoms with E-state index in [1.165, 1.54) is 12.1 Å². The second-order valence-corrected chi connectivity index (χ2v) is 6.32. The first kappa shape index (κ1) is 22.1. The van der Waals surface area contributed by atoms with E-state index in [4.69, 9.17) is 0 Å². The number of rotatable bonds is 4. The molecule has 1 heterocycles. The molecule has 1 aromatic rings. The predicted molar refractivity (Wildman–Crippen MR) is 95.2 cm³/mol. The third kappa shape index (κ3) is 5.03. The number of benzene rings is 1. The lowest BCUT2D eigenvalue weighted by Gasteiger charge is -2.38. The van der Waals surface area contributed by atoms with E-state index in [0.29, 0.717) is 4.47 Å². The summed E-state index contributed by atoms with van der Waals surface area (Å²) in [7, 11) is 0. The van der Waals surface area contributed by atoms with Crippen molar-refractivity contribution in [1.82, 2.24) is 10.2 Å². The van der Waals surface area contributed by atoms with Crippen molar-refractivity contribution in [1.29, 1.82) is 0 Å². The lowest BCUT2D eigenvalue weighted by molar-refractivity contribution is 0.122. The van der Waals surface area contributed by atoms with Crippen LogP contribution in [0.15, 0.2) is 16.6 Å². The standard InChI is InChI=1S/C15H21BrF2N2.2ClH/c1-3-10(2)15(20-6-4-19-5-7-20)14-12(17)8-11(16)9-13(14)18;;/h8-10,15,19H,3-7H2,1-2H3;2*1H/t10?,15-;;/m1../s1. The van der Waals surface area contributed by atoms with Gasteiger partial charge in [-0.2, -0.15) is 0 Å². The Balaban J connectivity index is 0.00000220. The molecule has 2 atom stereocenters.